The molecular formula is C11H26OSi. The van der Waals surface area contributed by atoms with E-state index in [0.717, 1.165) is 6.61 Å². The molecule has 0 rings (SSSR count). The van der Waals surface area contributed by atoms with E-state index in [1.807, 2.05) is 0 Å². The van der Waals surface area contributed by atoms with Gasteiger partial charge < -0.3 is 4.43 Å². The first-order valence-electron chi connectivity index (χ1n) is 5.82. The van der Waals surface area contributed by atoms with Gasteiger partial charge in [0.2, 0.25) is 0 Å². The molecule has 0 aliphatic carbocycles. The van der Waals surface area contributed by atoms with Crippen molar-refractivity contribution in [2.75, 3.05) is 6.61 Å². The normalized spacial score (nSPS) is 15.7. The molecule has 0 N–H and O–H groups in total. The van der Waals surface area contributed by atoms with E-state index in [2.05, 4.69) is 27.3 Å². The Balaban J connectivity index is 3.84. The van der Waals surface area contributed by atoms with Crippen molar-refractivity contribution in [2.24, 2.45) is 0 Å². The molecule has 0 spiro atoms. The van der Waals surface area contributed by atoms with Gasteiger partial charge in [0, 0.05) is 6.61 Å². The van der Waals surface area contributed by atoms with Gasteiger partial charge >= 0.3 is 0 Å². The van der Waals surface area contributed by atoms with Crippen LogP contribution in [0.25, 0.3) is 0 Å². The largest absolute Gasteiger partial charge is 0.417 e. The van der Waals surface area contributed by atoms with Crippen LogP contribution in [-0.2, 0) is 4.43 Å². The molecule has 0 aromatic rings. The first kappa shape index (κ1) is 13.2. The van der Waals surface area contributed by atoms with E-state index in [1.54, 1.807) is 0 Å². The molecule has 0 aliphatic rings. The summed E-state index contributed by atoms with van der Waals surface area (Å²) in [6.07, 6.45) is 5.11. The third-order valence-corrected chi connectivity index (χ3v) is 6.36. The lowest BCUT2D eigenvalue weighted by molar-refractivity contribution is 0.300. The minimum absolute atomic E-state index is 0.979. The molecule has 0 fully saturated rings. The molecule has 0 saturated carbocycles. The van der Waals surface area contributed by atoms with Gasteiger partial charge in [0.05, 0.1) is 0 Å². The van der Waals surface area contributed by atoms with E-state index in [4.69, 9.17) is 4.43 Å². The number of rotatable bonds is 8. The Morgan fingerprint density at radius 1 is 0.923 bits per heavy atom. The van der Waals surface area contributed by atoms with Gasteiger partial charge in [-0.25, -0.2) is 0 Å². The average molecular weight is 202 g/mol. The van der Waals surface area contributed by atoms with E-state index in [9.17, 15) is 0 Å². The van der Waals surface area contributed by atoms with Gasteiger partial charge in [-0.2, -0.15) is 0 Å². The zero-order valence-electron chi connectivity index (χ0n) is 9.86. The molecule has 0 aromatic heterocycles. The van der Waals surface area contributed by atoms with Crippen LogP contribution in [-0.4, -0.2) is 14.9 Å². The molecule has 0 saturated heterocycles. The van der Waals surface area contributed by atoms with E-state index < -0.39 is 8.32 Å². The van der Waals surface area contributed by atoms with Crippen molar-refractivity contribution < 1.29 is 4.43 Å². The lowest BCUT2D eigenvalue weighted by Crippen LogP contribution is -2.34. The Morgan fingerprint density at radius 3 is 2.08 bits per heavy atom. The van der Waals surface area contributed by atoms with E-state index >= 15 is 0 Å². The molecule has 0 radical (unpaired) electrons. The van der Waals surface area contributed by atoms with Gasteiger partial charge in [-0.3, -0.25) is 0 Å². The summed E-state index contributed by atoms with van der Waals surface area (Å²) in [6.45, 7) is 10.1. The third kappa shape index (κ3) is 6.27. The highest BCUT2D eigenvalue weighted by Crippen LogP contribution is 2.22. The zero-order valence-corrected chi connectivity index (χ0v) is 10.9. The quantitative estimate of drug-likeness (QED) is 0.536. The predicted octanol–water partition coefficient (Wildman–Crippen LogP) is 4.20. The zero-order chi connectivity index (χ0) is 10.2. The summed E-state index contributed by atoms with van der Waals surface area (Å²) in [4.78, 5) is 0. The SMILES string of the molecule is CCCC[Si](C)(CCC)OCCC. The summed E-state index contributed by atoms with van der Waals surface area (Å²) in [7, 11) is -1.29. The molecule has 0 aromatic carbocycles. The minimum Gasteiger partial charge on any atom is -0.417 e. The summed E-state index contributed by atoms with van der Waals surface area (Å²) < 4.78 is 6.06. The third-order valence-electron chi connectivity index (χ3n) is 2.49. The van der Waals surface area contributed by atoms with Gasteiger partial charge in [-0.1, -0.05) is 40.0 Å². The topological polar surface area (TPSA) is 9.23 Å². The maximum Gasteiger partial charge on any atom is 0.189 e. The molecule has 80 valence electrons. The van der Waals surface area contributed by atoms with Crippen molar-refractivity contribution in [3.05, 3.63) is 0 Å². The molecule has 1 unspecified atom stereocenters. The van der Waals surface area contributed by atoms with E-state index in [-0.39, 0.29) is 0 Å². The molecule has 2 heteroatoms. The summed E-state index contributed by atoms with van der Waals surface area (Å²) >= 11 is 0. The van der Waals surface area contributed by atoms with Crippen LogP contribution < -0.4 is 0 Å². The van der Waals surface area contributed by atoms with Crippen molar-refractivity contribution in [2.45, 2.75) is 65.1 Å². The summed E-state index contributed by atoms with van der Waals surface area (Å²) in [6, 6.07) is 2.70. The van der Waals surface area contributed by atoms with Crippen LogP contribution >= 0.6 is 0 Å². The van der Waals surface area contributed by atoms with Crippen molar-refractivity contribution >= 4 is 8.32 Å². The van der Waals surface area contributed by atoms with Crippen molar-refractivity contribution in [1.29, 1.82) is 0 Å². The fraction of sp³-hybridized carbons (Fsp3) is 1.00. The standard InChI is InChI=1S/C11H26OSi/c1-5-8-11-13(4,10-7-3)12-9-6-2/h5-11H2,1-4H3. The number of unbranched alkanes of at least 4 members (excludes halogenated alkanes) is 1. The Bertz CT molecular complexity index is 107. The van der Waals surface area contributed by atoms with Crippen molar-refractivity contribution in [1.82, 2.24) is 0 Å². The molecule has 0 heterocycles. The maximum atomic E-state index is 6.06. The molecule has 1 nitrogen and oxygen atoms in total. The van der Waals surface area contributed by atoms with E-state index in [0.29, 0.717) is 0 Å². The highest BCUT2D eigenvalue weighted by molar-refractivity contribution is 6.72. The first-order chi connectivity index (χ1) is 6.18. The Kier molecular flexibility index (Phi) is 7.67. The Morgan fingerprint density at radius 2 is 1.62 bits per heavy atom. The molecule has 0 aliphatic heterocycles. The van der Waals surface area contributed by atoms with Crippen LogP contribution in [0.15, 0.2) is 0 Å². The van der Waals surface area contributed by atoms with Gasteiger partial charge in [-0.05, 0) is 25.1 Å². The van der Waals surface area contributed by atoms with Crippen molar-refractivity contribution in [3.63, 3.8) is 0 Å². The van der Waals surface area contributed by atoms with Crippen LogP contribution in [0.5, 0.6) is 0 Å². The van der Waals surface area contributed by atoms with Gasteiger partial charge in [0.15, 0.2) is 8.32 Å². The Hall–Kier alpha value is 0.177. The predicted molar refractivity (Wildman–Crippen MR) is 62.7 cm³/mol. The molecule has 0 bridgehead atoms. The van der Waals surface area contributed by atoms with Crippen LogP contribution in [0, 0.1) is 0 Å². The van der Waals surface area contributed by atoms with Crippen LogP contribution in [0.2, 0.25) is 18.6 Å². The Labute approximate surface area is 85.0 Å². The molecule has 13 heavy (non-hydrogen) atoms. The smallest absolute Gasteiger partial charge is 0.189 e. The maximum absolute atomic E-state index is 6.06. The lowest BCUT2D eigenvalue weighted by Gasteiger charge is -2.26. The second kappa shape index (κ2) is 7.57. The molecule has 0 amide bonds. The van der Waals surface area contributed by atoms with Crippen LogP contribution in [0.1, 0.15) is 46.5 Å². The van der Waals surface area contributed by atoms with Gasteiger partial charge in [0.25, 0.3) is 0 Å². The second-order valence-corrected chi connectivity index (χ2v) is 8.34. The fourth-order valence-corrected chi connectivity index (χ4v) is 5.09. The highest BCUT2D eigenvalue weighted by Gasteiger charge is 2.26. The number of hydrogen-bond donors (Lipinski definition) is 0. The van der Waals surface area contributed by atoms with Crippen LogP contribution in [0.3, 0.4) is 0 Å². The fourth-order valence-electron chi connectivity index (χ4n) is 1.70. The van der Waals surface area contributed by atoms with Gasteiger partial charge in [0.1, 0.15) is 0 Å². The minimum atomic E-state index is -1.29. The average Bonchev–Trinajstić information content (AvgIpc) is 2.12. The summed E-state index contributed by atoms with van der Waals surface area (Å²) in [5.74, 6) is 0. The summed E-state index contributed by atoms with van der Waals surface area (Å²) in [5.41, 5.74) is 0. The van der Waals surface area contributed by atoms with E-state index in [1.165, 1.54) is 37.8 Å². The van der Waals surface area contributed by atoms with Crippen molar-refractivity contribution in [3.8, 4) is 0 Å². The molecule has 1 atom stereocenters. The molecular weight excluding hydrogens is 176 g/mol. The first-order valence-corrected chi connectivity index (χ1v) is 8.64. The second-order valence-electron chi connectivity index (χ2n) is 4.15. The number of hydrogen-bond acceptors (Lipinski definition) is 1. The monoisotopic (exact) mass is 202 g/mol. The van der Waals surface area contributed by atoms with Crippen LogP contribution in [0.4, 0.5) is 0 Å². The van der Waals surface area contributed by atoms with Gasteiger partial charge in [-0.15, -0.1) is 0 Å². The summed E-state index contributed by atoms with van der Waals surface area (Å²) in [5, 5.41) is 0. The lowest BCUT2D eigenvalue weighted by atomic mass is 10.4. The highest BCUT2D eigenvalue weighted by atomic mass is 28.4.